The number of aromatic nitrogens is 2. The van der Waals surface area contributed by atoms with Crippen LogP contribution in [0.25, 0.3) is 10.9 Å². The van der Waals surface area contributed by atoms with Crippen molar-refractivity contribution in [1.29, 1.82) is 5.26 Å². The maximum absolute atomic E-state index is 14.8. The summed E-state index contributed by atoms with van der Waals surface area (Å²) >= 11 is 4.40. The molecule has 0 bridgehead atoms. The molecule has 9 heteroatoms. The summed E-state index contributed by atoms with van der Waals surface area (Å²) in [5.41, 5.74) is 0.278. The number of fused-ring (bicyclic) bond motifs is 2. The van der Waals surface area contributed by atoms with Crippen LogP contribution in [0.1, 0.15) is 5.56 Å². The van der Waals surface area contributed by atoms with Crippen molar-refractivity contribution in [2.24, 2.45) is 5.92 Å². The van der Waals surface area contributed by atoms with E-state index in [1.807, 2.05) is 11.0 Å². The zero-order valence-corrected chi connectivity index (χ0v) is 15.6. The van der Waals surface area contributed by atoms with E-state index in [0.29, 0.717) is 36.1 Å². The summed E-state index contributed by atoms with van der Waals surface area (Å²) in [4.78, 5) is 10.6. The van der Waals surface area contributed by atoms with E-state index in [-0.39, 0.29) is 27.5 Å². The van der Waals surface area contributed by atoms with Gasteiger partial charge in [-0.2, -0.15) is 5.26 Å². The Labute approximate surface area is 155 Å². The van der Waals surface area contributed by atoms with Gasteiger partial charge < -0.3 is 9.64 Å². The Hall–Kier alpha value is -1.50. The van der Waals surface area contributed by atoms with Crippen LogP contribution in [0.15, 0.2) is 15.7 Å². The van der Waals surface area contributed by atoms with Gasteiger partial charge in [-0.05, 0) is 28.3 Å². The van der Waals surface area contributed by atoms with Gasteiger partial charge in [0.2, 0.25) is 0 Å². The highest BCUT2D eigenvalue weighted by Gasteiger charge is 2.56. The maximum atomic E-state index is 14.8. The molecule has 0 N–H and O–H groups in total. The lowest BCUT2D eigenvalue weighted by atomic mass is 10.1. The summed E-state index contributed by atoms with van der Waals surface area (Å²) in [6, 6.07) is 3.19. The first-order valence-electron chi connectivity index (χ1n) is 7.69. The summed E-state index contributed by atoms with van der Waals surface area (Å²) < 4.78 is 34.5. The number of thioether (sulfide) groups is 1. The minimum atomic E-state index is -0.987. The molecule has 1 aromatic heterocycles. The molecule has 1 aliphatic heterocycles. The second-order valence-electron chi connectivity index (χ2n) is 5.96. The van der Waals surface area contributed by atoms with Gasteiger partial charge in [0.15, 0.2) is 11.0 Å². The SMILES string of the molecule is CSc1nc(N2CCOC[C@H]3[C@H](F)[C@H]32)c2cc(C#N)c(Br)c(F)c2n1. The average molecular weight is 427 g/mol. The van der Waals surface area contributed by atoms with Gasteiger partial charge in [-0.25, -0.2) is 18.7 Å². The van der Waals surface area contributed by atoms with Crippen LogP contribution in [0.3, 0.4) is 0 Å². The second kappa shape index (κ2) is 6.34. The zero-order valence-electron chi connectivity index (χ0n) is 13.2. The van der Waals surface area contributed by atoms with Gasteiger partial charge in [-0.1, -0.05) is 11.8 Å². The Bertz CT molecular complexity index is 906. The number of nitriles is 1. The predicted molar refractivity (Wildman–Crippen MR) is 94.0 cm³/mol. The van der Waals surface area contributed by atoms with Crippen LogP contribution in [-0.2, 0) is 4.74 Å². The Morgan fingerprint density at radius 1 is 1.48 bits per heavy atom. The molecule has 1 aromatic carbocycles. The first-order valence-corrected chi connectivity index (χ1v) is 9.71. The molecule has 2 heterocycles. The quantitative estimate of drug-likeness (QED) is 0.542. The predicted octanol–water partition coefficient (Wildman–Crippen LogP) is 3.30. The van der Waals surface area contributed by atoms with E-state index in [9.17, 15) is 14.0 Å². The molecule has 1 saturated carbocycles. The Balaban J connectivity index is 1.96. The molecule has 5 nitrogen and oxygen atoms in total. The average Bonchev–Trinajstić information content (AvgIpc) is 3.32. The lowest BCUT2D eigenvalue weighted by Crippen LogP contribution is -2.31. The van der Waals surface area contributed by atoms with Crippen molar-refractivity contribution in [2.75, 3.05) is 30.9 Å². The molecule has 130 valence electrons. The topological polar surface area (TPSA) is 62.0 Å². The summed E-state index contributed by atoms with van der Waals surface area (Å²) in [7, 11) is 0. The van der Waals surface area contributed by atoms with Crippen molar-refractivity contribution < 1.29 is 13.5 Å². The van der Waals surface area contributed by atoms with Crippen LogP contribution in [0.5, 0.6) is 0 Å². The van der Waals surface area contributed by atoms with E-state index in [1.165, 1.54) is 11.8 Å². The minimum Gasteiger partial charge on any atom is -0.379 e. The number of hydrogen-bond donors (Lipinski definition) is 0. The first-order chi connectivity index (χ1) is 12.1. The fourth-order valence-corrected chi connectivity index (χ4v) is 4.00. The van der Waals surface area contributed by atoms with Crippen LogP contribution < -0.4 is 4.90 Å². The van der Waals surface area contributed by atoms with E-state index < -0.39 is 12.0 Å². The molecule has 2 aliphatic rings. The Morgan fingerprint density at radius 2 is 2.28 bits per heavy atom. The maximum Gasteiger partial charge on any atom is 0.189 e. The third kappa shape index (κ3) is 2.67. The molecule has 1 saturated heterocycles. The van der Waals surface area contributed by atoms with Gasteiger partial charge in [0.25, 0.3) is 0 Å². The van der Waals surface area contributed by atoms with Crippen molar-refractivity contribution >= 4 is 44.4 Å². The zero-order chi connectivity index (χ0) is 17.7. The largest absolute Gasteiger partial charge is 0.379 e. The molecule has 2 aromatic rings. The molecule has 2 fully saturated rings. The van der Waals surface area contributed by atoms with E-state index in [4.69, 9.17) is 4.74 Å². The van der Waals surface area contributed by atoms with Gasteiger partial charge in [0, 0.05) is 17.8 Å². The molecule has 1 aliphatic carbocycles. The van der Waals surface area contributed by atoms with Crippen molar-refractivity contribution in [2.45, 2.75) is 17.4 Å². The summed E-state index contributed by atoms with van der Waals surface area (Å²) in [6.45, 7) is 1.29. The highest BCUT2D eigenvalue weighted by atomic mass is 79.9. The molecular weight excluding hydrogens is 414 g/mol. The highest BCUT2D eigenvalue weighted by molar-refractivity contribution is 9.10. The molecule has 0 amide bonds. The van der Waals surface area contributed by atoms with Crippen LogP contribution in [0.2, 0.25) is 0 Å². The molecule has 0 radical (unpaired) electrons. The number of rotatable bonds is 2. The normalized spacial score (nSPS) is 25.4. The number of halogens is 3. The Kier molecular flexibility index (Phi) is 4.30. The molecule has 0 unspecified atom stereocenters. The lowest BCUT2D eigenvalue weighted by Gasteiger charge is -2.24. The number of alkyl halides is 1. The number of nitrogens with zero attached hydrogens (tertiary/aromatic N) is 4. The highest BCUT2D eigenvalue weighted by Crippen LogP contribution is 2.44. The van der Waals surface area contributed by atoms with Gasteiger partial charge in [-0.15, -0.1) is 0 Å². The van der Waals surface area contributed by atoms with Crippen LogP contribution in [0.4, 0.5) is 14.6 Å². The van der Waals surface area contributed by atoms with Crippen LogP contribution in [0, 0.1) is 23.1 Å². The summed E-state index contributed by atoms with van der Waals surface area (Å²) in [5, 5.41) is 10.1. The van der Waals surface area contributed by atoms with Gasteiger partial charge >= 0.3 is 0 Å². The minimum absolute atomic E-state index is 0.0751. The van der Waals surface area contributed by atoms with Gasteiger partial charge in [0.05, 0.1) is 29.3 Å². The first kappa shape index (κ1) is 16.9. The lowest BCUT2D eigenvalue weighted by molar-refractivity contribution is 0.131. The molecule has 4 rings (SSSR count). The molecule has 25 heavy (non-hydrogen) atoms. The van der Waals surface area contributed by atoms with E-state index in [0.717, 1.165) is 0 Å². The molecular formula is C16H13BrF2N4OS. The van der Waals surface area contributed by atoms with Crippen molar-refractivity contribution in [3.63, 3.8) is 0 Å². The number of hydrogen-bond acceptors (Lipinski definition) is 6. The third-order valence-electron chi connectivity index (χ3n) is 4.59. The van der Waals surface area contributed by atoms with Gasteiger partial charge in [0.1, 0.15) is 23.6 Å². The van der Waals surface area contributed by atoms with Gasteiger partial charge in [-0.3, -0.25) is 0 Å². The van der Waals surface area contributed by atoms with E-state index >= 15 is 0 Å². The van der Waals surface area contributed by atoms with Crippen LogP contribution >= 0.6 is 27.7 Å². The van der Waals surface area contributed by atoms with Crippen molar-refractivity contribution in [1.82, 2.24) is 9.97 Å². The monoisotopic (exact) mass is 426 g/mol. The fraction of sp³-hybridized carbons (Fsp3) is 0.438. The summed E-state index contributed by atoms with van der Waals surface area (Å²) in [6.07, 6.45) is 0.809. The van der Waals surface area contributed by atoms with Crippen molar-refractivity contribution in [3.8, 4) is 6.07 Å². The Morgan fingerprint density at radius 3 is 3.00 bits per heavy atom. The third-order valence-corrected chi connectivity index (χ3v) is 5.91. The number of benzene rings is 1. The van der Waals surface area contributed by atoms with Crippen molar-refractivity contribution in [3.05, 3.63) is 21.9 Å². The van der Waals surface area contributed by atoms with E-state index in [2.05, 4.69) is 25.9 Å². The standard InChI is InChI=1S/C16H13BrF2N4OS/c1-25-16-21-13-8(4-7(5-20)10(17)12(13)19)15(22-16)23-2-3-24-6-9-11(18)14(9)23/h4,9,11,14H,2-3,6H2,1H3/t9-,11-,14-/m0/s1. The molecule has 3 atom stereocenters. The smallest absolute Gasteiger partial charge is 0.189 e. The number of anilines is 1. The fourth-order valence-electron chi connectivity index (χ4n) is 3.25. The summed E-state index contributed by atoms with van der Waals surface area (Å²) in [5.74, 6) is -0.345. The van der Waals surface area contributed by atoms with E-state index in [1.54, 1.807) is 12.3 Å². The number of ether oxygens (including phenoxy) is 1. The van der Waals surface area contributed by atoms with Crippen LogP contribution in [-0.4, -0.2) is 48.2 Å². The molecule has 0 spiro atoms. The second-order valence-corrected chi connectivity index (χ2v) is 7.53.